The Bertz CT molecular complexity index is 1080. The van der Waals surface area contributed by atoms with Gasteiger partial charge in [0.25, 0.3) is 0 Å². The molecule has 0 amide bonds. The van der Waals surface area contributed by atoms with E-state index in [9.17, 15) is 14.3 Å². The first-order chi connectivity index (χ1) is 14.0. The Hall–Kier alpha value is -2.07. The standard InChI is InChI=1S/C15H13ClFNO2/c1-9-5-6-13(10(7-9)8-14(19)20)18-15-11(16)3-2-4-12(15)17/h2-7,18H,8H2,1H3,(H,19,20)/i1D3,2D,3D,4D,5D,6D,7D,8D2. The lowest BCUT2D eigenvalue weighted by molar-refractivity contribution is -0.136. The van der Waals surface area contributed by atoms with E-state index in [1.807, 2.05) is 0 Å². The van der Waals surface area contributed by atoms with E-state index in [1.165, 1.54) is 0 Å². The average molecular weight is 305 g/mol. The number of para-hydroxylation sites is 1. The third-order valence-corrected chi connectivity index (χ3v) is 2.36. The Morgan fingerprint density at radius 1 is 1.55 bits per heavy atom. The minimum atomic E-state index is -3.46. The van der Waals surface area contributed by atoms with Gasteiger partial charge in [-0.15, -0.1) is 0 Å². The van der Waals surface area contributed by atoms with E-state index in [1.54, 1.807) is 0 Å². The maximum absolute atomic E-state index is 14.6. The minimum absolute atomic E-state index is 0.766. The molecule has 0 bridgehead atoms. The molecule has 2 aromatic rings. The molecule has 0 spiro atoms. The van der Waals surface area contributed by atoms with Crippen LogP contribution in [0, 0.1) is 12.7 Å². The van der Waals surface area contributed by atoms with Crippen LogP contribution >= 0.6 is 11.6 Å². The molecule has 0 aromatic heterocycles. The molecule has 0 unspecified atom stereocenters. The molecule has 0 fully saturated rings. The van der Waals surface area contributed by atoms with Crippen LogP contribution in [0.2, 0.25) is 5.02 Å². The van der Waals surface area contributed by atoms with Gasteiger partial charge in [-0.1, -0.05) is 35.3 Å². The van der Waals surface area contributed by atoms with Crippen LogP contribution in [0.4, 0.5) is 15.8 Å². The smallest absolute Gasteiger partial charge is 0.307 e. The zero-order chi connectivity index (χ0) is 24.2. The Morgan fingerprint density at radius 2 is 2.35 bits per heavy atom. The lowest BCUT2D eigenvalue weighted by atomic mass is 10.1. The first kappa shape index (κ1) is 5.74. The van der Waals surface area contributed by atoms with Gasteiger partial charge in [0.1, 0.15) is 5.82 Å². The summed E-state index contributed by atoms with van der Waals surface area (Å²) in [4.78, 5) is 11.5. The Morgan fingerprint density at radius 3 is 3.05 bits per heavy atom. The summed E-state index contributed by atoms with van der Waals surface area (Å²) < 4.78 is 99.4. The highest BCUT2D eigenvalue weighted by molar-refractivity contribution is 6.33. The van der Waals surface area contributed by atoms with E-state index in [-0.39, 0.29) is 0 Å². The third-order valence-electron chi connectivity index (χ3n) is 2.08. The molecular formula is C15H13ClFNO2. The number of anilines is 2. The number of halogens is 2. The molecule has 0 heterocycles. The predicted octanol–water partition coefficient (Wildman–Crippen LogP) is 4.16. The number of carboxylic acid groups (broad SMARTS) is 1. The summed E-state index contributed by atoms with van der Waals surface area (Å²) in [6.45, 7) is -3.18. The molecule has 20 heavy (non-hydrogen) atoms. The molecule has 0 saturated heterocycles. The van der Waals surface area contributed by atoms with Gasteiger partial charge in [-0.3, -0.25) is 4.79 Å². The normalized spacial score (nSPS) is 19.6. The largest absolute Gasteiger partial charge is 0.481 e. The summed E-state index contributed by atoms with van der Waals surface area (Å²) >= 11 is 5.84. The van der Waals surface area contributed by atoms with E-state index in [0.29, 0.717) is 0 Å². The molecule has 2 aromatic carbocycles. The van der Waals surface area contributed by atoms with Crippen LogP contribution in [0.15, 0.2) is 36.3 Å². The molecule has 2 rings (SSSR count). The van der Waals surface area contributed by atoms with Crippen LogP contribution in [0.25, 0.3) is 0 Å². The van der Waals surface area contributed by atoms with E-state index >= 15 is 0 Å². The fraction of sp³-hybridized carbons (Fsp3) is 0.133. The molecular weight excluding hydrogens is 281 g/mol. The summed E-state index contributed by atoms with van der Waals surface area (Å²) in [5, 5.41) is 10.6. The second-order valence-corrected chi connectivity index (χ2v) is 3.81. The monoisotopic (exact) mass is 304 g/mol. The lowest BCUT2D eigenvalue weighted by Crippen LogP contribution is -2.05. The van der Waals surface area contributed by atoms with Crippen LogP contribution in [-0.4, -0.2) is 11.1 Å². The zero-order valence-electron chi connectivity index (χ0n) is 20.6. The Balaban J connectivity index is 3.01. The molecule has 0 atom stereocenters. The quantitative estimate of drug-likeness (QED) is 0.891. The summed E-state index contributed by atoms with van der Waals surface area (Å²) in [7, 11) is 0. The molecule has 3 nitrogen and oxygen atoms in total. The first-order valence-corrected chi connectivity index (χ1v) is 5.43. The highest BCUT2D eigenvalue weighted by Gasteiger charge is 2.11. The van der Waals surface area contributed by atoms with Crippen molar-refractivity contribution in [2.45, 2.75) is 13.2 Å². The minimum Gasteiger partial charge on any atom is -0.481 e. The van der Waals surface area contributed by atoms with E-state index in [0.717, 1.165) is 0 Å². The summed E-state index contributed by atoms with van der Waals surface area (Å²) in [5.41, 5.74) is -4.12. The molecule has 0 aliphatic heterocycles. The van der Waals surface area contributed by atoms with Crippen LogP contribution in [-0.2, 0) is 11.2 Å². The predicted molar refractivity (Wildman–Crippen MR) is 77.2 cm³/mol. The van der Waals surface area contributed by atoms with Gasteiger partial charge in [0.05, 0.1) is 25.3 Å². The van der Waals surface area contributed by atoms with Gasteiger partial charge >= 0.3 is 5.97 Å². The molecule has 0 aliphatic carbocycles. The summed E-state index contributed by atoms with van der Waals surface area (Å²) in [6.07, 6.45) is -3.46. The number of benzene rings is 2. The van der Waals surface area contributed by atoms with Crippen molar-refractivity contribution in [3.05, 3.63) is 58.2 Å². The van der Waals surface area contributed by atoms with E-state index in [4.69, 9.17) is 26.7 Å². The van der Waals surface area contributed by atoms with Crippen molar-refractivity contribution in [3.63, 3.8) is 0 Å². The van der Waals surface area contributed by atoms with Crippen molar-refractivity contribution in [1.29, 1.82) is 0 Å². The molecule has 104 valence electrons. The average Bonchev–Trinajstić information content (AvgIpc) is 2.64. The number of hydrogen-bond acceptors (Lipinski definition) is 2. The molecule has 0 radical (unpaired) electrons. The van der Waals surface area contributed by atoms with Crippen molar-refractivity contribution in [2.24, 2.45) is 0 Å². The SMILES string of the molecule is [2H]c1c([2H])c(F)c(Nc2c([2H])c([2H])c(C([2H])([2H])[2H])c([2H])c2C([2H])([2H])C(=O)O)c(Cl)c1[2H]. The van der Waals surface area contributed by atoms with E-state index < -0.39 is 88.8 Å². The third kappa shape index (κ3) is 3.27. The maximum Gasteiger partial charge on any atom is 0.307 e. The fourth-order valence-corrected chi connectivity index (χ4v) is 1.48. The van der Waals surface area contributed by atoms with Crippen molar-refractivity contribution in [2.75, 3.05) is 5.32 Å². The van der Waals surface area contributed by atoms with Gasteiger partial charge in [0, 0.05) is 12.5 Å². The van der Waals surface area contributed by atoms with Crippen LogP contribution in [0.5, 0.6) is 0 Å². The number of carbonyl (C=O) groups is 1. The van der Waals surface area contributed by atoms with Crippen LogP contribution in [0.1, 0.15) is 26.2 Å². The van der Waals surface area contributed by atoms with Crippen LogP contribution in [0.3, 0.4) is 0 Å². The molecule has 5 heteroatoms. The number of aliphatic carboxylic acids is 1. The van der Waals surface area contributed by atoms with Gasteiger partial charge in [-0.05, 0) is 30.5 Å². The van der Waals surface area contributed by atoms with Gasteiger partial charge < -0.3 is 10.4 Å². The number of nitrogens with one attached hydrogen (secondary N) is 1. The Labute approximate surface area is 136 Å². The fourth-order valence-electron chi connectivity index (χ4n) is 1.30. The summed E-state index contributed by atoms with van der Waals surface area (Å²) in [5.74, 6) is -3.65. The summed E-state index contributed by atoms with van der Waals surface area (Å²) in [6, 6.07) is -6.13. The zero-order valence-corrected chi connectivity index (χ0v) is 10.4. The van der Waals surface area contributed by atoms with Crippen molar-refractivity contribution >= 4 is 28.9 Å². The highest BCUT2D eigenvalue weighted by atomic mass is 35.5. The second kappa shape index (κ2) is 5.92. The van der Waals surface area contributed by atoms with E-state index in [2.05, 4.69) is 5.32 Å². The van der Waals surface area contributed by atoms with Gasteiger partial charge in [0.15, 0.2) is 0 Å². The number of hydrogen-bond donors (Lipinski definition) is 2. The lowest BCUT2D eigenvalue weighted by Gasteiger charge is -2.13. The van der Waals surface area contributed by atoms with Crippen molar-refractivity contribution in [3.8, 4) is 0 Å². The first-order valence-electron chi connectivity index (χ1n) is 10.6. The Kier molecular flexibility index (Phi) is 1.70. The highest BCUT2D eigenvalue weighted by Crippen LogP contribution is 2.30. The molecule has 0 saturated carbocycles. The second-order valence-electron chi connectivity index (χ2n) is 3.43. The van der Waals surface area contributed by atoms with Crippen LogP contribution < -0.4 is 5.32 Å². The van der Waals surface area contributed by atoms with Crippen molar-refractivity contribution < 1.29 is 29.4 Å². The molecule has 0 aliphatic rings. The van der Waals surface area contributed by atoms with Crippen molar-refractivity contribution in [1.82, 2.24) is 0 Å². The van der Waals surface area contributed by atoms with Gasteiger partial charge in [-0.25, -0.2) is 4.39 Å². The van der Waals surface area contributed by atoms with Gasteiger partial charge in [0.2, 0.25) is 0 Å². The molecule has 2 N–H and O–H groups in total. The number of rotatable bonds is 4. The van der Waals surface area contributed by atoms with Gasteiger partial charge in [-0.2, -0.15) is 0 Å². The maximum atomic E-state index is 14.6. The topological polar surface area (TPSA) is 49.3 Å². The number of carboxylic acids is 1.